The quantitative estimate of drug-likeness (QED) is 0.724. The van der Waals surface area contributed by atoms with E-state index in [1.165, 1.54) is 6.08 Å². The van der Waals surface area contributed by atoms with Crippen molar-refractivity contribution in [3.63, 3.8) is 0 Å². The number of aromatic nitrogens is 2. The van der Waals surface area contributed by atoms with Crippen LogP contribution in [0.2, 0.25) is 5.02 Å². The van der Waals surface area contributed by atoms with Crippen LogP contribution in [0, 0.1) is 0 Å². The molecule has 2 heterocycles. The van der Waals surface area contributed by atoms with E-state index in [4.69, 9.17) is 11.6 Å². The minimum atomic E-state index is -0.221. The zero-order valence-electron chi connectivity index (χ0n) is 12.1. The predicted molar refractivity (Wildman–Crippen MR) is 89.2 cm³/mol. The summed E-state index contributed by atoms with van der Waals surface area (Å²) >= 11 is 5.81. The van der Waals surface area contributed by atoms with Gasteiger partial charge in [0.2, 0.25) is 5.91 Å². The summed E-state index contributed by atoms with van der Waals surface area (Å²) in [5, 5.41) is 13.1. The third-order valence-electron chi connectivity index (χ3n) is 3.25. The number of hydrogen-bond donors (Lipinski definition) is 2. The molecule has 5 nitrogen and oxygen atoms in total. The van der Waals surface area contributed by atoms with Gasteiger partial charge in [0, 0.05) is 23.5 Å². The van der Waals surface area contributed by atoms with Gasteiger partial charge >= 0.3 is 0 Å². The molecule has 2 N–H and O–H groups in total. The number of halogens is 1. The second-order valence-electron chi connectivity index (χ2n) is 4.96. The summed E-state index contributed by atoms with van der Waals surface area (Å²) in [4.78, 5) is 16.1. The molecule has 6 heteroatoms. The number of imidazole rings is 1. The average molecular weight is 328 g/mol. The Bertz CT molecular complexity index is 869. The molecule has 3 rings (SSSR count). The SMILES string of the molecule is O=C(/C=C/c1ccc(Cl)cc1)NCc1cn2cccc(O)c2n1. The maximum absolute atomic E-state index is 11.8. The van der Waals surface area contributed by atoms with Crippen LogP contribution in [-0.4, -0.2) is 20.4 Å². The third kappa shape index (κ3) is 3.70. The van der Waals surface area contributed by atoms with Crippen LogP contribution >= 0.6 is 11.6 Å². The van der Waals surface area contributed by atoms with Gasteiger partial charge in [0.15, 0.2) is 11.4 Å². The summed E-state index contributed by atoms with van der Waals surface area (Å²) < 4.78 is 1.71. The first-order chi connectivity index (χ1) is 11.1. The highest BCUT2D eigenvalue weighted by molar-refractivity contribution is 6.30. The van der Waals surface area contributed by atoms with Crippen LogP contribution in [0.25, 0.3) is 11.7 Å². The van der Waals surface area contributed by atoms with Crippen molar-refractivity contribution in [2.75, 3.05) is 0 Å². The number of nitrogens with one attached hydrogen (secondary N) is 1. The normalized spacial score (nSPS) is 11.2. The number of benzene rings is 1. The largest absolute Gasteiger partial charge is 0.504 e. The van der Waals surface area contributed by atoms with Crippen molar-refractivity contribution in [1.82, 2.24) is 14.7 Å². The van der Waals surface area contributed by atoms with E-state index in [0.717, 1.165) is 5.56 Å². The number of nitrogens with zero attached hydrogens (tertiary/aromatic N) is 2. The van der Waals surface area contributed by atoms with Gasteiger partial charge in [0.05, 0.1) is 12.2 Å². The van der Waals surface area contributed by atoms with Crippen molar-refractivity contribution < 1.29 is 9.90 Å². The number of aromatic hydroxyl groups is 1. The number of pyridine rings is 1. The molecule has 0 spiro atoms. The first-order valence-electron chi connectivity index (χ1n) is 6.99. The lowest BCUT2D eigenvalue weighted by molar-refractivity contribution is -0.116. The maximum atomic E-state index is 11.8. The first-order valence-corrected chi connectivity index (χ1v) is 7.37. The minimum Gasteiger partial charge on any atom is -0.504 e. The predicted octanol–water partition coefficient (Wildman–Crippen LogP) is 3.02. The van der Waals surface area contributed by atoms with Crippen LogP contribution < -0.4 is 5.32 Å². The Balaban J connectivity index is 1.61. The minimum absolute atomic E-state index is 0.104. The highest BCUT2D eigenvalue weighted by Crippen LogP contribution is 2.16. The molecule has 0 aliphatic rings. The van der Waals surface area contributed by atoms with Crippen molar-refractivity contribution >= 4 is 29.2 Å². The van der Waals surface area contributed by atoms with Crippen molar-refractivity contribution in [2.45, 2.75) is 6.54 Å². The fourth-order valence-electron chi connectivity index (χ4n) is 2.12. The van der Waals surface area contributed by atoms with Crippen molar-refractivity contribution in [3.8, 4) is 5.75 Å². The van der Waals surface area contributed by atoms with Gasteiger partial charge in [-0.3, -0.25) is 4.79 Å². The average Bonchev–Trinajstić information content (AvgIpc) is 2.97. The lowest BCUT2D eigenvalue weighted by Crippen LogP contribution is -2.20. The maximum Gasteiger partial charge on any atom is 0.244 e. The molecule has 3 aromatic rings. The van der Waals surface area contributed by atoms with Gasteiger partial charge in [-0.1, -0.05) is 23.7 Å². The Morgan fingerprint density at radius 1 is 1.30 bits per heavy atom. The molecule has 0 atom stereocenters. The molecule has 0 unspecified atom stereocenters. The highest BCUT2D eigenvalue weighted by atomic mass is 35.5. The lowest BCUT2D eigenvalue weighted by atomic mass is 10.2. The summed E-state index contributed by atoms with van der Waals surface area (Å²) in [6.07, 6.45) is 6.71. The van der Waals surface area contributed by atoms with E-state index in [-0.39, 0.29) is 18.2 Å². The van der Waals surface area contributed by atoms with Gasteiger partial charge in [-0.15, -0.1) is 0 Å². The molecule has 0 fully saturated rings. The van der Waals surface area contributed by atoms with Crippen molar-refractivity contribution in [3.05, 3.63) is 71.1 Å². The Kier molecular flexibility index (Phi) is 4.30. The zero-order valence-corrected chi connectivity index (χ0v) is 12.9. The van der Waals surface area contributed by atoms with E-state index in [2.05, 4.69) is 10.3 Å². The summed E-state index contributed by atoms with van der Waals surface area (Å²) in [6.45, 7) is 0.283. The summed E-state index contributed by atoms with van der Waals surface area (Å²) in [6, 6.07) is 10.5. The Morgan fingerprint density at radius 3 is 2.83 bits per heavy atom. The molecule has 0 radical (unpaired) electrons. The molecule has 0 saturated carbocycles. The second kappa shape index (κ2) is 6.54. The number of rotatable bonds is 4. The van der Waals surface area contributed by atoms with Gasteiger partial charge in [-0.05, 0) is 35.9 Å². The van der Waals surface area contributed by atoms with E-state index in [0.29, 0.717) is 16.4 Å². The number of carbonyl (C=O) groups excluding carboxylic acids is 1. The summed E-state index contributed by atoms with van der Waals surface area (Å²) in [5.74, 6) is -0.117. The molecule has 23 heavy (non-hydrogen) atoms. The topological polar surface area (TPSA) is 66.6 Å². The highest BCUT2D eigenvalue weighted by Gasteiger charge is 2.05. The molecular formula is C17H14ClN3O2. The van der Waals surface area contributed by atoms with E-state index in [9.17, 15) is 9.90 Å². The number of fused-ring (bicyclic) bond motifs is 1. The van der Waals surface area contributed by atoms with Gasteiger partial charge in [0.1, 0.15) is 0 Å². The van der Waals surface area contributed by atoms with Crippen LogP contribution in [0.5, 0.6) is 5.75 Å². The van der Waals surface area contributed by atoms with Gasteiger partial charge in [-0.25, -0.2) is 4.98 Å². The van der Waals surface area contributed by atoms with E-state index >= 15 is 0 Å². The third-order valence-corrected chi connectivity index (χ3v) is 3.50. The van der Waals surface area contributed by atoms with Gasteiger partial charge < -0.3 is 14.8 Å². The standard InChI is InChI=1S/C17H14ClN3O2/c18-13-6-3-12(4-7-13)5-8-16(23)19-10-14-11-21-9-1-2-15(22)17(21)20-14/h1-9,11,22H,10H2,(H,19,23)/b8-5+. The van der Waals surface area contributed by atoms with Crippen LogP contribution in [0.4, 0.5) is 0 Å². The summed E-state index contributed by atoms with van der Waals surface area (Å²) in [7, 11) is 0. The first kappa shape index (κ1) is 15.1. The molecule has 0 aliphatic carbocycles. The summed E-state index contributed by atoms with van der Waals surface area (Å²) in [5.41, 5.74) is 2.02. The Morgan fingerprint density at radius 2 is 2.09 bits per heavy atom. The van der Waals surface area contributed by atoms with Crippen molar-refractivity contribution in [2.24, 2.45) is 0 Å². The molecule has 1 aromatic carbocycles. The molecular weight excluding hydrogens is 314 g/mol. The van der Waals surface area contributed by atoms with Crippen LogP contribution in [-0.2, 0) is 11.3 Å². The monoisotopic (exact) mass is 327 g/mol. The molecule has 0 saturated heterocycles. The van der Waals surface area contributed by atoms with Gasteiger partial charge in [0.25, 0.3) is 0 Å². The van der Waals surface area contributed by atoms with Crippen LogP contribution in [0.1, 0.15) is 11.3 Å². The Labute approximate surface area is 137 Å². The number of hydrogen-bond acceptors (Lipinski definition) is 3. The zero-order chi connectivity index (χ0) is 16.2. The lowest BCUT2D eigenvalue weighted by Gasteiger charge is -1.98. The number of carbonyl (C=O) groups is 1. The van der Waals surface area contributed by atoms with E-state index in [1.54, 1.807) is 47.1 Å². The molecule has 116 valence electrons. The fourth-order valence-corrected chi connectivity index (χ4v) is 2.24. The van der Waals surface area contributed by atoms with Crippen LogP contribution in [0.15, 0.2) is 54.9 Å². The smallest absolute Gasteiger partial charge is 0.244 e. The molecule has 2 aromatic heterocycles. The fraction of sp³-hybridized carbons (Fsp3) is 0.0588. The Hall–Kier alpha value is -2.79. The van der Waals surface area contributed by atoms with E-state index in [1.807, 2.05) is 12.1 Å². The van der Waals surface area contributed by atoms with Crippen LogP contribution in [0.3, 0.4) is 0 Å². The molecule has 0 aliphatic heterocycles. The van der Waals surface area contributed by atoms with Gasteiger partial charge in [-0.2, -0.15) is 0 Å². The second-order valence-corrected chi connectivity index (χ2v) is 5.40. The molecule has 1 amide bonds. The van der Waals surface area contributed by atoms with E-state index < -0.39 is 0 Å². The van der Waals surface area contributed by atoms with Crippen molar-refractivity contribution in [1.29, 1.82) is 0 Å². The number of amides is 1. The molecule has 0 bridgehead atoms.